The highest BCUT2D eigenvalue weighted by Gasteiger charge is 2.21. The normalized spacial score (nSPS) is 12.4. The van der Waals surface area contributed by atoms with E-state index in [1.165, 1.54) is 29.2 Å². The van der Waals surface area contributed by atoms with Crippen LogP contribution in [0.4, 0.5) is 5.69 Å². The Morgan fingerprint density at radius 3 is 2.58 bits per heavy atom. The number of hydrogen-bond donors (Lipinski definition) is 1. The topological polar surface area (TPSA) is 63.4 Å². The molecule has 0 saturated heterocycles. The molecule has 1 aromatic carbocycles. The lowest BCUT2D eigenvalue weighted by molar-refractivity contribution is -0.387. The second-order valence-electron chi connectivity index (χ2n) is 3.81. The molecule has 2 aromatic rings. The molecule has 1 heterocycles. The Hall–Kier alpha value is -1.08. The summed E-state index contributed by atoms with van der Waals surface area (Å²) in [7, 11) is 0. The molecule has 0 fully saturated rings. The lowest BCUT2D eigenvalue weighted by atomic mass is 10.3. The zero-order valence-corrected chi connectivity index (χ0v) is 12.3. The van der Waals surface area contributed by atoms with Crippen LogP contribution in [0.25, 0.3) is 0 Å². The lowest BCUT2D eigenvalue weighted by Gasteiger charge is -1.99. The summed E-state index contributed by atoms with van der Waals surface area (Å²) < 4.78 is 0.559. The first kappa shape index (κ1) is 14.3. The maximum atomic E-state index is 11.0. The van der Waals surface area contributed by atoms with Crippen molar-refractivity contribution in [1.29, 1.82) is 0 Å². The molecule has 1 aromatic heterocycles. The van der Waals surface area contributed by atoms with Crippen molar-refractivity contribution in [2.75, 3.05) is 0 Å². The molecule has 0 saturated carbocycles. The molecule has 0 spiro atoms. The van der Waals surface area contributed by atoms with Crippen molar-refractivity contribution in [2.24, 2.45) is 0 Å². The van der Waals surface area contributed by atoms with Crippen LogP contribution in [0, 0.1) is 10.1 Å². The molecule has 0 amide bonds. The Bertz CT molecular complexity index is 596. The van der Waals surface area contributed by atoms with E-state index in [0.717, 1.165) is 4.90 Å². The van der Waals surface area contributed by atoms with E-state index in [1.54, 1.807) is 31.2 Å². The maximum Gasteiger partial charge on any atom is 0.294 e. The zero-order chi connectivity index (χ0) is 14.0. The van der Waals surface area contributed by atoms with Gasteiger partial charge < -0.3 is 5.11 Å². The van der Waals surface area contributed by atoms with Gasteiger partial charge in [-0.2, -0.15) is 0 Å². The minimum absolute atomic E-state index is 0.0286. The number of aliphatic hydroxyl groups is 1. The molecule has 0 aliphatic carbocycles. The van der Waals surface area contributed by atoms with Gasteiger partial charge in [-0.25, -0.2) is 0 Å². The number of aliphatic hydroxyl groups excluding tert-OH is 1. The highest BCUT2D eigenvalue weighted by Crippen LogP contribution is 2.43. The molecule has 100 valence electrons. The molecule has 0 radical (unpaired) electrons. The molecule has 4 nitrogen and oxygen atoms in total. The quantitative estimate of drug-likeness (QED) is 0.665. The molecular weight excluding hydrogens is 306 g/mol. The van der Waals surface area contributed by atoms with Gasteiger partial charge in [0.2, 0.25) is 0 Å². The Kier molecular flexibility index (Phi) is 4.46. The van der Waals surface area contributed by atoms with E-state index in [0.29, 0.717) is 14.1 Å². The summed E-state index contributed by atoms with van der Waals surface area (Å²) in [6.07, 6.45) is -0.705. The number of nitro groups is 1. The average molecular weight is 316 g/mol. The van der Waals surface area contributed by atoms with Gasteiger partial charge in [0.15, 0.2) is 0 Å². The molecule has 0 bridgehead atoms. The van der Waals surface area contributed by atoms with Gasteiger partial charge in [0.05, 0.1) is 11.0 Å². The maximum absolute atomic E-state index is 11.0. The van der Waals surface area contributed by atoms with Crippen LogP contribution in [0.15, 0.2) is 39.4 Å². The van der Waals surface area contributed by atoms with Gasteiger partial charge in [0.25, 0.3) is 5.69 Å². The fourth-order valence-corrected chi connectivity index (χ4v) is 3.79. The first-order valence-electron chi connectivity index (χ1n) is 5.37. The highest BCUT2D eigenvalue weighted by atomic mass is 35.5. The van der Waals surface area contributed by atoms with Crippen molar-refractivity contribution < 1.29 is 10.0 Å². The largest absolute Gasteiger partial charge is 0.388 e. The highest BCUT2D eigenvalue weighted by molar-refractivity contribution is 8.01. The third-order valence-corrected chi connectivity index (χ3v) is 5.07. The van der Waals surface area contributed by atoms with Crippen molar-refractivity contribution >= 4 is 40.4 Å². The van der Waals surface area contributed by atoms with Gasteiger partial charge in [-0.1, -0.05) is 23.4 Å². The Labute approximate surface area is 123 Å². The molecule has 2 rings (SSSR count). The van der Waals surface area contributed by atoms with E-state index in [1.807, 2.05) is 0 Å². The third-order valence-electron chi connectivity index (χ3n) is 2.33. The molecule has 0 aliphatic rings. The fourth-order valence-electron chi connectivity index (χ4n) is 1.40. The van der Waals surface area contributed by atoms with E-state index < -0.39 is 11.0 Å². The zero-order valence-electron chi connectivity index (χ0n) is 9.87. The van der Waals surface area contributed by atoms with Crippen LogP contribution in [0.2, 0.25) is 5.02 Å². The average Bonchev–Trinajstić information content (AvgIpc) is 2.76. The first-order valence-corrected chi connectivity index (χ1v) is 7.38. The van der Waals surface area contributed by atoms with Gasteiger partial charge in [-0.3, -0.25) is 10.1 Å². The fraction of sp³-hybridized carbons (Fsp3) is 0.167. The number of benzene rings is 1. The van der Waals surface area contributed by atoms with E-state index >= 15 is 0 Å². The molecule has 1 atom stereocenters. The summed E-state index contributed by atoms with van der Waals surface area (Å²) in [5, 5.41) is 21.1. The number of thiophene rings is 1. The molecular formula is C12H10ClNO3S2. The van der Waals surface area contributed by atoms with Crippen molar-refractivity contribution in [3.05, 3.63) is 50.3 Å². The minimum Gasteiger partial charge on any atom is -0.388 e. The van der Waals surface area contributed by atoms with Crippen molar-refractivity contribution in [3.63, 3.8) is 0 Å². The second-order valence-corrected chi connectivity index (χ2v) is 6.67. The van der Waals surface area contributed by atoms with Gasteiger partial charge >= 0.3 is 0 Å². The number of nitrogens with zero attached hydrogens (tertiary/aromatic N) is 1. The number of hydrogen-bond acceptors (Lipinski definition) is 5. The van der Waals surface area contributed by atoms with Crippen LogP contribution in [0.1, 0.15) is 17.9 Å². The Balaban J connectivity index is 2.33. The van der Waals surface area contributed by atoms with Crippen LogP contribution in [0.3, 0.4) is 0 Å². The SMILES string of the molecule is CC(O)c1cc([N+](=O)[O-])c(Sc2ccc(Cl)cc2)s1. The van der Waals surface area contributed by atoms with Crippen molar-refractivity contribution in [3.8, 4) is 0 Å². The minimum atomic E-state index is -0.705. The van der Waals surface area contributed by atoms with E-state index in [4.69, 9.17) is 11.6 Å². The molecule has 7 heteroatoms. The molecule has 1 unspecified atom stereocenters. The Morgan fingerprint density at radius 1 is 1.42 bits per heavy atom. The predicted octanol–water partition coefficient (Wildman–Crippen LogP) is 4.51. The number of halogens is 1. The predicted molar refractivity (Wildman–Crippen MR) is 77.2 cm³/mol. The lowest BCUT2D eigenvalue weighted by Crippen LogP contribution is -1.87. The first-order chi connectivity index (χ1) is 8.97. The van der Waals surface area contributed by atoms with Crippen LogP contribution in [0.5, 0.6) is 0 Å². The van der Waals surface area contributed by atoms with E-state index in [-0.39, 0.29) is 5.69 Å². The summed E-state index contributed by atoms with van der Waals surface area (Å²) in [4.78, 5) is 12.0. The van der Waals surface area contributed by atoms with Crippen molar-refractivity contribution in [2.45, 2.75) is 22.1 Å². The Morgan fingerprint density at radius 2 is 2.05 bits per heavy atom. The number of rotatable bonds is 4. The molecule has 19 heavy (non-hydrogen) atoms. The molecule has 0 aliphatic heterocycles. The summed E-state index contributed by atoms with van der Waals surface area (Å²) in [5.41, 5.74) is 0.0286. The van der Waals surface area contributed by atoms with Crippen LogP contribution < -0.4 is 0 Å². The smallest absolute Gasteiger partial charge is 0.294 e. The van der Waals surface area contributed by atoms with Gasteiger partial charge in [-0.15, -0.1) is 11.3 Å². The van der Waals surface area contributed by atoms with E-state index in [2.05, 4.69) is 0 Å². The second kappa shape index (κ2) is 5.92. The molecule has 1 N–H and O–H groups in total. The monoisotopic (exact) mass is 315 g/mol. The van der Waals surface area contributed by atoms with Crippen LogP contribution in [-0.4, -0.2) is 10.0 Å². The standard InChI is InChI=1S/C12H10ClNO3S2/c1-7(15)11-6-10(14(16)17)12(19-11)18-9-4-2-8(13)3-5-9/h2-7,15H,1H3. The summed E-state index contributed by atoms with van der Waals surface area (Å²) >= 11 is 8.32. The van der Waals surface area contributed by atoms with Crippen molar-refractivity contribution in [1.82, 2.24) is 0 Å². The third kappa shape index (κ3) is 3.48. The van der Waals surface area contributed by atoms with Crippen LogP contribution >= 0.6 is 34.7 Å². The summed E-state index contributed by atoms with van der Waals surface area (Å²) in [5.74, 6) is 0. The van der Waals surface area contributed by atoms with Gasteiger partial charge in [0, 0.05) is 20.9 Å². The van der Waals surface area contributed by atoms with Gasteiger partial charge in [0.1, 0.15) is 4.21 Å². The van der Waals surface area contributed by atoms with E-state index in [9.17, 15) is 15.2 Å². The summed E-state index contributed by atoms with van der Waals surface area (Å²) in [6.45, 7) is 1.59. The summed E-state index contributed by atoms with van der Waals surface area (Å²) in [6, 6.07) is 8.50. The van der Waals surface area contributed by atoms with Gasteiger partial charge in [-0.05, 0) is 31.2 Å². The van der Waals surface area contributed by atoms with Crippen LogP contribution in [-0.2, 0) is 0 Å².